The molecule has 2 nitrogen and oxygen atoms in total. The Bertz CT molecular complexity index is 834. The van der Waals surface area contributed by atoms with Crippen molar-refractivity contribution in [3.8, 4) is 16.9 Å². The average Bonchev–Trinajstić information content (AvgIpc) is 2.63. The molecule has 0 amide bonds. The molecule has 8 heteroatoms. The first-order chi connectivity index (χ1) is 13.7. The van der Waals surface area contributed by atoms with Crippen LogP contribution in [0.3, 0.4) is 0 Å². The minimum Gasteiger partial charge on any atom is -0.403 e. The summed E-state index contributed by atoms with van der Waals surface area (Å²) in [5, 5.41) is 9.02. The smallest absolute Gasteiger partial charge is 0.403 e. The molecule has 1 fully saturated rings. The van der Waals surface area contributed by atoms with Crippen molar-refractivity contribution in [3.05, 3.63) is 53.3 Å². The van der Waals surface area contributed by atoms with Gasteiger partial charge < -0.3 is 9.84 Å². The summed E-state index contributed by atoms with van der Waals surface area (Å²) in [6.07, 6.45) is -1.13. The van der Waals surface area contributed by atoms with Crippen LogP contribution < -0.4 is 4.74 Å². The molecule has 2 aromatic carbocycles. The number of aliphatic hydroxyl groups is 1. The number of rotatable bonds is 5. The number of benzene rings is 2. The van der Waals surface area contributed by atoms with Crippen LogP contribution in [0, 0.1) is 23.4 Å². The second-order valence-corrected chi connectivity index (χ2v) is 7.28. The maximum absolute atomic E-state index is 14.6. The van der Waals surface area contributed by atoms with E-state index in [4.69, 9.17) is 5.11 Å². The molecule has 1 aliphatic rings. The van der Waals surface area contributed by atoms with Gasteiger partial charge in [0.25, 0.3) is 0 Å². The fourth-order valence-corrected chi connectivity index (χ4v) is 3.94. The number of alkyl halides is 3. The van der Waals surface area contributed by atoms with Crippen LogP contribution in [0.5, 0.6) is 5.75 Å². The molecule has 0 spiro atoms. The topological polar surface area (TPSA) is 29.5 Å². The van der Waals surface area contributed by atoms with E-state index in [-0.39, 0.29) is 18.1 Å². The number of aliphatic hydroxyl groups excluding tert-OH is 1. The van der Waals surface area contributed by atoms with Crippen molar-refractivity contribution in [2.45, 2.75) is 44.4 Å². The predicted molar refractivity (Wildman–Crippen MR) is 94.8 cm³/mol. The molecule has 0 aliphatic heterocycles. The number of hydrogen-bond donors (Lipinski definition) is 1. The molecule has 0 heterocycles. The van der Waals surface area contributed by atoms with Crippen LogP contribution >= 0.6 is 0 Å². The van der Waals surface area contributed by atoms with Gasteiger partial charge in [-0.1, -0.05) is 6.07 Å². The molecule has 158 valence electrons. The molecule has 0 atom stereocenters. The van der Waals surface area contributed by atoms with Crippen molar-refractivity contribution in [2.75, 3.05) is 6.61 Å². The number of hydrogen-bond acceptors (Lipinski definition) is 2. The predicted octanol–water partition coefficient (Wildman–Crippen LogP) is 6.33. The quantitative estimate of drug-likeness (QED) is 0.576. The number of ether oxygens (including phenoxy) is 1. The Morgan fingerprint density at radius 1 is 0.897 bits per heavy atom. The highest BCUT2D eigenvalue weighted by Crippen LogP contribution is 2.39. The zero-order valence-corrected chi connectivity index (χ0v) is 15.4. The van der Waals surface area contributed by atoms with Gasteiger partial charge in [-0.15, -0.1) is 13.2 Å². The summed E-state index contributed by atoms with van der Waals surface area (Å²) < 4.78 is 83.5. The molecular formula is C21H20F6O2. The maximum Gasteiger partial charge on any atom is 0.573 e. The molecule has 29 heavy (non-hydrogen) atoms. The fourth-order valence-electron chi connectivity index (χ4n) is 3.94. The summed E-state index contributed by atoms with van der Waals surface area (Å²) in [5.74, 6) is -3.85. The molecule has 1 N–H and O–H groups in total. The average molecular weight is 418 g/mol. The molecule has 1 aliphatic carbocycles. The van der Waals surface area contributed by atoms with E-state index in [0.29, 0.717) is 30.0 Å². The van der Waals surface area contributed by atoms with E-state index in [1.807, 2.05) is 0 Å². The zero-order valence-electron chi connectivity index (χ0n) is 15.4. The Labute approximate surface area is 164 Å². The van der Waals surface area contributed by atoms with Crippen molar-refractivity contribution in [1.29, 1.82) is 0 Å². The molecule has 0 aromatic heterocycles. The highest BCUT2D eigenvalue weighted by molar-refractivity contribution is 5.66. The van der Waals surface area contributed by atoms with Crippen LogP contribution in [0.25, 0.3) is 11.1 Å². The third-order valence-electron chi connectivity index (χ3n) is 5.37. The first kappa shape index (κ1) is 21.5. The molecule has 0 saturated heterocycles. The summed E-state index contributed by atoms with van der Waals surface area (Å²) in [6, 6.07) is 4.68. The van der Waals surface area contributed by atoms with Crippen LogP contribution in [0.15, 0.2) is 30.3 Å². The number of halogens is 6. The lowest BCUT2D eigenvalue weighted by molar-refractivity contribution is -0.275. The fraction of sp³-hybridized carbons (Fsp3) is 0.429. The van der Waals surface area contributed by atoms with Gasteiger partial charge in [-0.25, -0.2) is 13.2 Å². The first-order valence-electron chi connectivity index (χ1n) is 9.33. The van der Waals surface area contributed by atoms with E-state index in [1.54, 1.807) is 0 Å². The van der Waals surface area contributed by atoms with Gasteiger partial charge in [0.1, 0.15) is 11.6 Å². The Kier molecular flexibility index (Phi) is 6.41. The van der Waals surface area contributed by atoms with Crippen molar-refractivity contribution in [2.24, 2.45) is 5.92 Å². The highest BCUT2D eigenvalue weighted by atomic mass is 19.4. The van der Waals surface area contributed by atoms with Crippen LogP contribution in [-0.2, 0) is 0 Å². The maximum atomic E-state index is 14.6. The SMILES string of the molecule is OCCC1CCC(c2cc(F)c(-c3ccc(OC(F)(F)F)c(F)c3)c(F)c2)CC1. The summed E-state index contributed by atoms with van der Waals surface area (Å²) >= 11 is 0. The largest absolute Gasteiger partial charge is 0.573 e. The van der Waals surface area contributed by atoms with Gasteiger partial charge in [0.15, 0.2) is 11.6 Å². The minimum absolute atomic E-state index is 0.0118. The Morgan fingerprint density at radius 3 is 2.03 bits per heavy atom. The molecule has 1 saturated carbocycles. The van der Waals surface area contributed by atoms with Crippen molar-refractivity contribution in [3.63, 3.8) is 0 Å². The Morgan fingerprint density at radius 2 is 1.52 bits per heavy atom. The lowest BCUT2D eigenvalue weighted by atomic mass is 9.77. The summed E-state index contributed by atoms with van der Waals surface area (Å²) in [7, 11) is 0. The van der Waals surface area contributed by atoms with Crippen molar-refractivity contribution >= 4 is 0 Å². The van der Waals surface area contributed by atoms with E-state index in [2.05, 4.69) is 4.74 Å². The second-order valence-electron chi connectivity index (χ2n) is 7.28. The normalized spacial score (nSPS) is 20.0. The highest BCUT2D eigenvalue weighted by Gasteiger charge is 2.32. The van der Waals surface area contributed by atoms with E-state index in [9.17, 15) is 26.3 Å². The van der Waals surface area contributed by atoms with Crippen molar-refractivity contribution in [1.82, 2.24) is 0 Å². The third-order valence-corrected chi connectivity index (χ3v) is 5.37. The summed E-state index contributed by atoms with van der Waals surface area (Å²) in [6.45, 7) is 0.122. The summed E-state index contributed by atoms with van der Waals surface area (Å²) in [4.78, 5) is 0. The molecule has 2 aromatic rings. The Hall–Kier alpha value is -2.22. The molecule has 0 radical (unpaired) electrons. The minimum atomic E-state index is -5.07. The van der Waals surface area contributed by atoms with Crippen LogP contribution in [0.4, 0.5) is 26.3 Å². The van der Waals surface area contributed by atoms with Crippen LogP contribution in [-0.4, -0.2) is 18.1 Å². The molecule has 3 rings (SSSR count). The van der Waals surface area contributed by atoms with Crippen LogP contribution in [0.1, 0.15) is 43.6 Å². The van der Waals surface area contributed by atoms with Gasteiger partial charge >= 0.3 is 6.36 Å². The van der Waals surface area contributed by atoms with E-state index in [1.165, 1.54) is 12.1 Å². The third kappa shape index (κ3) is 5.23. The van der Waals surface area contributed by atoms with Gasteiger partial charge in [-0.3, -0.25) is 0 Å². The van der Waals surface area contributed by atoms with Gasteiger partial charge in [-0.2, -0.15) is 0 Å². The van der Waals surface area contributed by atoms with Gasteiger partial charge in [0.05, 0.1) is 5.56 Å². The molecular weight excluding hydrogens is 398 g/mol. The van der Waals surface area contributed by atoms with Gasteiger partial charge in [-0.05, 0) is 79.3 Å². The van der Waals surface area contributed by atoms with Crippen molar-refractivity contribution < 1.29 is 36.2 Å². The summed E-state index contributed by atoms with van der Waals surface area (Å²) in [5.41, 5.74) is -0.214. The Balaban J connectivity index is 1.82. The van der Waals surface area contributed by atoms with Gasteiger partial charge in [0, 0.05) is 6.61 Å². The van der Waals surface area contributed by atoms with Gasteiger partial charge in [0.2, 0.25) is 0 Å². The first-order valence-corrected chi connectivity index (χ1v) is 9.33. The zero-order chi connectivity index (χ0) is 21.2. The second kappa shape index (κ2) is 8.65. The standard InChI is InChI=1S/C21H20F6O2/c22-16-9-14(5-6-19(16)29-21(25,26)27)20-17(23)10-15(11-18(20)24)13-3-1-12(2-4-13)7-8-28/h5-6,9-13,28H,1-4,7-8H2. The molecule has 0 unspecified atom stereocenters. The van der Waals surface area contributed by atoms with E-state index in [0.717, 1.165) is 31.7 Å². The monoisotopic (exact) mass is 418 g/mol. The van der Waals surface area contributed by atoms with E-state index < -0.39 is 35.1 Å². The van der Waals surface area contributed by atoms with E-state index >= 15 is 0 Å². The van der Waals surface area contributed by atoms with Crippen LogP contribution in [0.2, 0.25) is 0 Å². The lowest BCUT2D eigenvalue weighted by Gasteiger charge is -2.28. The molecule has 0 bridgehead atoms. The lowest BCUT2D eigenvalue weighted by Crippen LogP contribution is -2.18.